The van der Waals surface area contributed by atoms with Crippen LogP contribution < -0.4 is 5.32 Å². The van der Waals surface area contributed by atoms with Crippen molar-refractivity contribution in [3.8, 4) is 17.3 Å². The minimum Gasteiger partial charge on any atom is -0.329 e. The number of nitrogens with zero attached hydrogens (tertiary/aromatic N) is 7. The standard InChI is InChI=1S/C29H30N8O2/c1-18(2)37-16-21(15-32-37)25-19(3)14-31-28(34-25)33-22-6-7-23-20(13-22)8-12-35(23)26(38)24-5-4-11-36(24)27(39)29(17-30)9-10-29/h6-8,12-16,18,24H,4-5,9-11H2,1-3H3,(H,31,33,34)/t24-/m1/s1. The Kier molecular flexibility index (Phi) is 5.94. The summed E-state index contributed by atoms with van der Waals surface area (Å²) in [5.74, 6) is 0.130. The van der Waals surface area contributed by atoms with Crippen LogP contribution in [0.15, 0.2) is 49.1 Å². The molecule has 6 rings (SSSR count). The molecule has 4 heterocycles. The highest BCUT2D eigenvalue weighted by atomic mass is 16.2. The summed E-state index contributed by atoms with van der Waals surface area (Å²) in [4.78, 5) is 37.4. The summed E-state index contributed by atoms with van der Waals surface area (Å²) in [6, 6.07) is 9.49. The molecule has 1 atom stereocenters. The van der Waals surface area contributed by atoms with E-state index >= 15 is 0 Å². The number of carbonyl (C=O) groups is 2. The van der Waals surface area contributed by atoms with E-state index < -0.39 is 11.5 Å². The molecule has 39 heavy (non-hydrogen) atoms. The van der Waals surface area contributed by atoms with Gasteiger partial charge in [-0.3, -0.25) is 18.8 Å². The van der Waals surface area contributed by atoms with Crippen LogP contribution in [0.5, 0.6) is 0 Å². The Morgan fingerprint density at radius 2 is 2.03 bits per heavy atom. The largest absolute Gasteiger partial charge is 0.329 e. The number of rotatable bonds is 6. The van der Waals surface area contributed by atoms with Crippen molar-refractivity contribution in [2.45, 2.75) is 58.5 Å². The number of fused-ring (bicyclic) bond motifs is 1. The molecule has 1 N–H and O–H groups in total. The first kappa shape index (κ1) is 24.8. The van der Waals surface area contributed by atoms with E-state index in [1.54, 1.807) is 21.9 Å². The lowest BCUT2D eigenvalue weighted by Gasteiger charge is -2.26. The molecule has 0 bridgehead atoms. The summed E-state index contributed by atoms with van der Waals surface area (Å²) in [5.41, 5.74) is 3.34. The van der Waals surface area contributed by atoms with Gasteiger partial charge in [-0.05, 0) is 76.3 Å². The zero-order valence-corrected chi connectivity index (χ0v) is 22.3. The van der Waals surface area contributed by atoms with Crippen molar-refractivity contribution in [3.05, 3.63) is 54.6 Å². The zero-order valence-electron chi connectivity index (χ0n) is 22.3. The number of hydrogen-bond donors (Lipinski definition) is 1. The number of amides is 1. The van der Waals surface area contributed by atoms with Crippen LogP contribution in [0.2, 0.25) is 0 Å². The highest BCUT2D eigenvalue weighted by Crippen LogP contribution is 2.47. The Bertz CT molecular complexity index is 1640. The average molecular weight is 523 g/mol. The maximum Gasteiger partial charge on any atom is 0.253 e. The van der Waals surface area contributed by atoms with Gasteiger partial charge in [0.25, 0.3) is 5.91 Å². The van der Waals surface area contributed by atoms with Crippen molar-refractivity contribution in [1.82, 2.24) is 29.2 Å². The van der Waals surface area contributed by atoms with Gasteiger partial charge in [-0.1, -0.05) is 0 Å². The van der Waals surface area contributed by atoms with Crippen molar-refractivity contribution in [2.75, 3.05) is 11.9 Å². The Balaban J connectivity index is 1.23. The SMILES string of the molecule is Cc1cnc(Nc2ccc3c(ccn3C(=O)[C@H]3CCCN3C(=O)C3(C#N)CC3)c2)nc1-c1cnn(C(C)C)c1. The molecule has 3 aromatic heterocycles. The van der Waals surface area contributed by atoms with Crippen molar-refractivity contribution in [1.29, 1.82) is 5.26 Å². The molecule has 1 aromatic carbocycles. The van der Waals surface area contributed by atoms with Crippen LogP contribution in [0, 0.1) is 23.7 Å². The van der Waals surface area contributed by atoms with Gasteiger partial charge in [-0.25, -0.2) is 9.97 Å². The minimum atomic E-state index is -0.922. The normalized spacial score (nSPS) is 17.9. The molecule has 0 radical (unpaired) electrons. The Labute approximate surface area is 226 Å². The molecule has 0 spiro atoms. The molecule has 1 aliphatic carbocycles. The van der Waals surface area contributed by atoms with E-state index in [-0.39, 0.29) is 17.9 Å². The van der Waals surface area contributed by atoms with Crippen LogP contribution in [0.4, 0.5) is 11.6 Å². The number of hydrogen-bond acceptors (Lipinski definition) is 7. The fourth-order valence-corrected chi connectivity index (χ4v) is 5.28. The molecule has 10 nitrogen and oxygen atoms in total. The van der Waals surface area contributed by atoms with Gasteiger partial charge < -0.3 is 10.2 Å². The highest BCUT2D eigenvalue weighted by molar-refractivity contribution is 5.99. The molecule has 1 saturated carbocycles. The number of aromatic nitrogens is 5. The van der Waals surface area contributed by atoms with Crippen molar-refractivity contribution < 1.29 is 9.59 Å². The smallest absolute Gasteiger partial charge is 0.253 e. The predicted molar refractivity (Wildman–Crippen MR) is 146 cm³/mol. The van der Waals surface area contributed by atoms with Crippen LogP contribution in [-0.4, -0.2) is 53.6 Å². The third kappa shape index (κ3) is 4.34. The van der Waals surface area contributed by atoms with Gasteiger partial charge in [0.1, 0.15) is 11.5 Å². The minimum absolute atomic E-state index is 0.140. The van der Waals surface area contributed by atoms with E-state index in [4.69, 9.17) is 4.98 Å². The van der Waals surface area contributed by atoms with E-state index in [0.29, 0.717) is 31.8 Å². The number of benzene rings is 1. The van der Waals surface area contributed by atoms with E-state index in [1.807, 2.05) is 48.3 Å². The number of aryl methyl sites for hydroxylation is 1. The van der Waals surface area contributed by atoms with Gasteiger partial charge in [0.05, 0.1) is 23.5 Å². The molecular formula is C29H30N8O2. The van der Waals surface area contributed by atoms with Gasteiger partial charge >= 0.3 is 0 Å². The van der Waals surface area contributed by atoms with Gasteiger partial charge in [-0.2, -0.15) is 10.4 Å². The summed E-state index contributed by atoms with van der Waals surface area (Å²) in [6.07, 6.45) is 9.86. The average Bonchev–Trinajstić information content (AvgIpc) is 3.29. The predicted octanol–water partition coefficient (Wildman–Crippen LogP) is 4.86. The van der Waals surface area contributed by atoms with Crippen molar-refractivity contribution >= 4 is 34.4 Å². The first-order chi connectivity index (χ1) is 18.8. The Morgan fingerprint density at radius 1 is 1.21 bits per heavy atom. The first-order valence-electron chi connectivity index (χ1n) is 13.3. The second-order valence-electron chi connectivity index (χ2n) is 10.8. The quantitative estimate of drug-likeness (QED) is 0.384. The molecule has 10 heteroatoms. The van der Waals surface area contributed by atoms with Crippen LogP contribution in [0.25, 0.3) is 22.2 Å². The number of anilines is 2. The second-order valence-corrected chi connectivity index (χ2v) is 10.8. The molecule has 198 valence electrons. The third-order valence-corrected chi connectivity index (χ3v) is 7.73. The Hall–Kier alpha value is -4.52. The van der Waals surface area contributed by atoms with E-state index in [9.17, 15) is 14.9 Å². The molecule has 2 fully saturated rings. The Morgan fingerprint density at radius 3 is 2.74 bits per heavy atom. The summed E-state index contributed by atoms with van der Waals surface area (Å²) in [6.45, 7) is 6.65. The summed E-state index contributed by atoms with van der Waals surface area (Å²) in [7, 11) is 0. The molecule has 1 amide bonds. The molecule has 4 aromatic rings. The lowest BCUT2D eigenvalue weighted by molar-refractivity contribution is -0.135. The maximum absolute atomic E-state index is 13.5. The molecule has 0 unspecified atom stereocenters. The van der Waals surface area contributed by atoms with Crippen LogP contribution in [0.1, 0.15) is 55.9 Å². The first-order valence-corrected chi connectivity index (χ1v) is 13.3. The second kappa shape index (κ2) is 9.34. The maximum atomic E-state index is 13.5. The van der Waals surface area contributed by atoms with E-state index in [1.165, 1.54) is 0 Å². The molecule has 1 saturated heterocycles. The number of carbonyl (C=O) groups excluding carboxylic acids is 2. The molecular weight excluding hydrogens is 492 g/mol. The lowest BCUT2D eigenvalue weighted by atomic mass is 10.1. The topological polar surface area (TPSA) is 122 Å². The summed E-state index contributed by atoms with van der Waals surface area (Å²) in [5, 5.41) is 18.1. The lowest BCUT2D eigenvalue weighted by Crippen LogP contribution is -2.45. The van der Waals surface area contributed by atoms with Gasteiger partial charge in [0.15, 0.2) is 0 Å². The van der Waals surface area contributed by atoms with Crippen molar-refractivity contribution in [2.24, 2.45) is 5.41 Å². The summed E-state index contributed by atoms with van der Waals surface area (Å²) >= 11 is 0. The summed E-state index contributed by atoms with van der Waals surface area (Å²) < 4.78 is 3.52. The molecule has 1 aliphatic heterocycles. The monoisotopic (exact) mass is 522 g/mol. The van der Waals surface area contributed by atoms with Crippen LogP contribution >= 0.6 is 0 Å². The van der Waals surface area contributed by atoms with Crippen molar-refractivity contribution in [3.63, 3.8) is 0 Å². The number of likely N-dealkylation sites (tertiary alicyclic amines) is 1. The van der Waals surface area contributed by atoms with E-state index in [0.717, 1.165) is 39.8 Å². The number of nitriles is 1. The van der Waals surface area contributed by atoms with Gasteiger partial charge in [0, 0.05) is 47.8 Å². The van der Waals surface area contributed by atoms with Gasteiger partial charge in [-0.15, -0.1) is 0 Å². The number of nitrogens with one attached hydrogen (secondary N) is 1. The third-order valence-electron chi connectivity index (χ3n) is 7.73. The fraction of sp³-hybridized carbons (Fsp3) is 0.379. The van der Waals surface area contributed by atoms with Gasteiger partial charge in [0.2, 0.25) is 11.9 Å². The fourth-order valence-electron chi connectivity index (χ4n) is 5.28. The van der Waals surface area contributed by atoms with Crippen LogP contribution in [0.3, 0.4) is 0 Å². The highest BCUT2D eigenvalue weighted by Gasteiger charge is 2.54. The molecule has 2 aliphatic rings. The zero-order chi connectivity index (χ0) is 27.3. The van der Waals surface area contributed by atoms with E-state index in [2.05, 4.69) is 35.3 Å². The van der Waals surface area contributed by atoms with Crippen LogP contribution in [-0.2, 0) is 4.79 Å².